The predicted octanol–water partition coefficient (Wildman–Crippen LogP) is 0.855. The van der Waals surface area contributed by atoms with E-state index in [2.05, 4.69) is 15.4 Å². The van der Waals surface area contributed by atoms with Crippen molar-refractivity contribution in [3.8, 4) is 0 Å². The molecule has 0 saturated carbocycles. The number of hydrogen-bond donors (Lipinski definition) is 2. The highest BCUT2D eigenvalue weighted by atomic mass is 16.5. The van der Waals surface area contributed by atoms with Gasteiger partial charge in [-0.1, -0.05) is 12.1 Å². The Hall–Kier alpha value is -2.25. The second-order valence-electron chi connectivity index (χ2n) is 5.12. The summed E-state index contributed by atoms with van der Waals surface area (Å²) in [5, 5.41) is 7.11. The molecule has 7 nitrogen and oxygen atoms in total. The van der Waals surface area contributed by atoms with Gasteiger partial charge in [-0.3, -0.25) is 4.79 Å². The van der Waals surface area contributed by atoms with Crippen LogP contribution in [0.1, 0.15) is 17.2 Å². The van der Waals surface area contributed by atoms with E-state index in [9.17, 15) is 4.79 Å². The summed E-state index contributed by atoms with van der Waals surface area (Å²) < 4.78 is 6.70. The first-order chi connectivity index (χ1) is 10.5. The number of aromatic nitrogens is 3. The zero-order valence-corrected chi connectivity index (χ0v) is 13.0. The Morgan fingerprint density at radius 3 is 2.86 bits per heavy atom. The van der Waals surface area contributed by atoms with Crippen LogP contribution in [0.5, 0.6) is 0 Å². The Morgan fingerprint density at radius 2 is 2.23 bits per heavy atom. The molecule has 1 aromatic carbocycles. The molecule has 1 atom stereocenters. The van der Waals surface area contributed by atoms with Crippen LogP contribution in [0.15, 0.2) is 24.3 Å². The van der Waals surface area contributed by atoms with Crippen molar-refractivity contribution < 1.29 is 9.53 Å². The van der Waals surface area contributed by atoms with E-state index in [-0.39, 0.29) is 12.5 Å². The van der Waals surface area contributed by atoms with E-state index in [1.165, 1.54) is 7.11 Å². The molecule has 1 amide bonds. The number of carbonyl (C=O) groups is 1. The summed E-state index contributed by atoms with van der Waals surface area (Å²) in [5.74, 6) is 1.33. The summed E-state index contributed by atoms with van der Waals surface area (Å²) >= 11 is 0. The Morgan fingerprint density at radius 1 is 1.45 bits per heavy atom. The third-order valence-corrected chi connectivity index (χ3v) is 3.17. The van der Waals surface area contributed by atoms with Crippen LogP contribution in [0.3, 0.4) is 0 Å². The minimum atomic E-state index is -0.686. The molecule has 2 rings (SSSR count). The number of ether oxygens (including phenoxy) is 1. The van der Waals surface area contributed by atoms with Gasteiger partial charge in [0.25, 0.3) is 0 Å². The van der Waals surface area contributed by atoms with Gasteiger partial charge in [0.1, 0.15) is 17.7 Å². The number of amides is 1. The van der Waals surface area contributed by atoms with Crippen LogP contribution in [0.25, 0.3) is 0 Å². The monoisotopic (exact) mass is 303 g/mol. The molecule has 0 fully saturated rings. The minimum absolute atomic E-state index is 0.183. The van der Waals surface area contributed by atoms with Crippen LogP contribution in [0, 0.1) is 13.8 Å². The first-order valence-corrected chi connectivity index (χ1v) is 7.02. The SMILES string of the molecule is COCC(N)C(=O)Nc1cccc(Cn2nc(C)nc2C)c1. The van der Waals surface area contributed by atoms with Gasteiger partial charge in [-0.15, -0.1) is 0 Å². The highest BCUT2D eigenvalue weighted by Crippen LogP contribution is 2.13. The lowest BCUT2D eigenvalue weighted by Gasteiger charge is -2.12. The molecule has 3 N–H and O–H groups in total. The number of methoxy groups -OCH3 is 1. The van der Waals surface area contributed by atoms with E-state index >= 15 is 0 Å². The van der Waals surface area contributed by atoms with Crippen molar-refractivity contribution in [2.24, 2.45) is 5.73 Å². The van der Waals surface area contributed by atoms with Gasteiger partial charge in [0.2, 0.25) is 5.91 Å². The van der Waals surface area contributed by atoms with Crippen LogP contribution in [0.4, 0.5) is 5.69 Å². The van der Waals surface area contributed by atoms with Gasteiger partial charge >= 0.3 is 0 Å². The van der Waals surface area contributed by atoms with Crippen LogP contribution in [-0.2, 0) is 16.1 Å². The number of rotatable bonds is 6. The number of nitrogens with two attached hydrogens (primary N) is 1. The fourth-order valence-electron chi connectivity index (χ4n) is 2.12. The molecule has 7 heteroatoms. The van der Waals surface area contributed by atoms with Crippen LogP contribution in [0.2, 0.25) is 0 Å². The molecule has 0 saturated heterocycles. The topological polar surface area (TPSA) is 95.1 Å². The summed E-state index contributed by atoms with van der Waals surface area (Å²) in [6.07, 6.45) is 0. The van der Waals surface area contributed by atoms with Gasteiger partial charge in [-0.25, -0.2) is 9.67 Å². The third-order valence-electron chi connectivity index (χ3n) is 3.17. The number of anilines is 1. The summed E-state index contributed by atoms with van der Waals surface area (Å²) in [6.45, 7) is 4.55. The van der Waals surface area contributed by atoms with Gasteiger partial charge < -0.3 is 15.8 Å². The second-order valence-corrected chi connectivity index (χ2v) is 5.12. The van der Waals surface area contributed by atoms with Crippen molar-refractivity contribution in [1.82, 2.24) is 14.8 Å². The van der Waals surface area contributed by atoms with Gasteiger partial charge in [0.05, 0.1) is 13.2 Å². The van der Waals surface area contributed by atoms with E-state index in [0.717, 1.165) is 17.2 Å². The maximum absolute atomic E-state index is 11.9. The molecule has 1 unspecified atom stereocenters. The van der Waals surface area contributed by atoms with Crippen molar-refractivity contribution in [2.75, 3.05) is 19.0 Å². The molecule has 0 aliphatic rings. The number of hydrogen-bond acceptors (Lipinski definition) is 5. The van der Waals surface area contributed by atoms with Gasteiger partial charge in [0.15, 0.2) is 0 Å². The molecular weight excluding hydrogens is 282 g/mol. The molecule has 1 heterocycles. The van der Waals surface area contributed by atoms with Gasteiger partial charge in [-0.2, -0.15) is 5.10 Å². The summed E-state index contributed by atoms with van der Waals surface area (Å²) in [7, 11) is 1.51. The number of benzene rings is 1. The van der Waals surface area contributed by atoms with Crippen LogP contribution >= 0.6 is 0 Å². The maximum atomic E-state index is 11.9. The predicted molar refractivity (Wildman–Crippen MR) is 83.5 cm³/mol. The van der Waals surface area contributed by atoms with Crippen LogP contribution < -0.4 is 11.1 Å². The van der Waals surface area contributed by atoms with Crippen molar-refractivity contribution in [1.29, 1.82) is 0 Å². The fraction of sp³-hybridized carbons (Fsp3) is 0.400. The molecule has 0 aliphatic heterocycles. The van der Waals surface area contributed by atoms with E-state index in [1.54, 1.807) is 0 Å². The normalized spacial score (nSPS) is 12.2. The molecule has 0 bridgehead atoms. The second kappa shape index (κ2) is 7.15. The first-order valence-electron chi connectivity index (χ1n) is 7.02. The largest absolute Gasteiger partial charge is 0.383 e. The smallest absolute Gasteiger partial charge is 0.243 e. The molecule has 2 aromatic rings. The molecule has 22 heavy (non-hydrogen) atoms. The van der Waals surface area contributed by atoms with E-state index in [1.807, 2.05) is 42.8 Å². The summed E-state index contributed by atoms with van der Waals surface area (Å²) in [6, 6.07) is 6.88. The summed E-state index contributed by atoms with van der Waals surface area (Å²) in [5.41, 5.74) is 7.42. The van der Waals surface area contributed by atoms with Crippen molar-refractivity contribution >= 4 is 11.6 Å². The highest BCUT2D eigenvalue weighted by molar-refractivity contribution is 5.94. The number of aryl methyl sites for hydroxylation is 2. The lowest BCUT2D eigenvalue weighted by Crippen LogP contribution is -2.39. The number of nitrogens with zero attached hydrogens (tertiary/aromatic N) is 3. The van der Waals surface area contributed by atoms with Crippen LogP contribution in [-0.4, -0.2) is 40.4 Å². The quantitative estimate of drug-likeness (QED) is 0.825. The fourth-order valence-corrected chi connectivity index (χ4v) is 2.12. The summed E-state index contributed by atoms with van der Waals surface area (Å²) in [4.78, 5) is 16.2. The molecule has 0 spiro atoms. The van der Waals surface area contributed by atoms with Gasteiger partial charge in [0, 0.05) is 12.8 Å². The van der Waals surface area contributed by atoms with Crippen molar-refractivity contribution in [2.45, 2.75) is 26.4 Å². The Kier molecular flexibility index (Phi) is 5.24. The van der Waals surface area contributed by atoms with E-state index in [4.69, 9.17) is 10.5 Å². The standard InChI is InChI=1S/C15H21N5O2/c1-10-17-11(2)20(19-10)8-12-5-4-6-13(7-12)18-15(21)14(16)9-22-3/h4-7,14H,8-9,16H2,1-3H3,(H,18,21). The maximum Gasteiger partial charge on any atom is 0.243 e. The number of carbonyl (C=O) groups excluding carboxylic acids is 1. The average molecular weight is 303 g/mol. The Labute approximate surface area is 129 Å². The zero-order valence-electron chi connectivity index (χ0n) is 13.0. The molecule has 1 aromatic heterocycles. The number of nitrogens with one attached hydrogen (secondary N) is 1. The molecule has 118 valence electrons. The Balaban J connectivity index is 2.07. The van der Waals surface area contributed by atoms with Gasteiger partial charge in [-0.05, 0) is 31.5 Å². The highest BCUT2D eigenvalue weighted by Gasteiger charge is 2.13. The average Bonchev–Trinajstić information content (AvgIpc) is 2.77. The zero-order chi connectivity index (χ0) is 16.1. The van der Waals surface area contributed by atoms with E-state index in [0.29, 0.717) is 12.2 Å². The minimum Gasteiger partial charge on any atom is -0.383 e. The lowest BCUT2D eigenvalue weighted by molar-refractivity contribution is -0.118. The molecular formula is C15H21N5O2. The first kappa shape index (κ1) is 16.1. The van der Waals surface area contributed by atoms with Crippen molar-refractivity contribution in [3.05, 3.63) is 41.5 Å². The third kappa shape index (κ3) is 4.12. The molecule has 0 radical (unpaired) electrons. The Bertz CT molecular complexity index is 653. The van der Waals surface area contributed by atoms with Crippen molar-refractivity contribution in [3.63, 3.8) is 0 Å². The lowest BCUT2D eigenvalue weighted by atomic mass is 10.2. The van der Waals surface area contributed by atoms with E-state index < -0.39 is 6.04 Å². The molecule has 0 aliphatic carbocycles.